The molecule has 0 aromatic carbocycles. The van der Waals surface area contributed by atoms with Crippen LogP contribution in [0.3, 0.4) is 0 Å². The van der Waals surface area contributed by atoms with Crippen molar-refractivity contribution in [2.24, 2.45) is 0 Å². The molecule has 86 heavy (non-hydrogen) atoms. The molecule has 0 aromatic rings. The van der Waals surface area contributed by atoms with Crippen LogP contribution in [0, 0.1) is 0 Å². The Hall–Kier alpha value is -1.40. The zero-order chi connectivity index (χ0) is 62.0. The molecular weight excluding hydrogens is 1050 g/mol. The van der Waals surface area contributed by atoms with Gasteiger partial charge in [0.05, 0.1) is 25.4 Å². The van der Waals surface area contributed by atoms with Crippen LogP contribution < -0.4 is 5.32 Å². The summed E-state index contributed by atoms with van der Waals surface area (Å²) in [5, 5.41) is 23.4. The van der Waals surface area contributed by atoms with Gasteiger partial charge in [0.15, 0.2) is 0 Å². The minimum Gasteiger partial charge on any atom is -0.466 e. The van der Waals surface area contributed by atoms with Crippen LogP contribution in [0.25, 0.3) is 0 Å². The van der Waals surface area contributed by atoms with Crippen molar-refractivity contribution < 1.29 is 24.5 Å². The number of carbonyl (C=O) groups excluding carboxylic acids is 2. The van der Waals surface area contributed by atoms with Gasteiger partial charge < -0.3 is 20.3 Å². The molecule has 0 bridgehead atoms. The highest BCUT2D eigenvalue weighted by atomic mass is 16.5. The number of esters is 1. The lowest BCUT2D eigenvalue weighted by molar-refractivity contribution is -0.143. The Morgan fingerprint density at radius 3 is 0.826 bits per heavy atom. The summed E-state index contributed by atoms with van der Waals surface area (Å²) in [5.74, 6) is -0.00122. The topological polar surface area (TPSA) is 95.9 Å². The average molecular weight is 1210 g/mol. The summed E-state index contributed by atoms with van der Waals surface area (Å²) in [4.78, 5) is 24.7. The van der Waals surface area contributed by atoms with E-state index in [1.165, 1.54) is 392 Å². The highest BCUT2D eigenvalue weighted by molar-refractivity contribution is 5.76. The van der Waals surface area contributed by atoms with Gasteiger partial charge in [-0.1, -0.05) is 411 Å². The predicted octanol–water partition coefficient (Wildman–Crippen LogP) is 26.3. The molecular formula is C80H157NO5. The van der Waals surface area contributed by atoms with Crippen molar-refractivity contribution in [2.45, 2.75) is 475 Å². The van der Waals surface area contributed by atoms with E-state index < -0.39 is 12.1 Å². The quantitative estimate of drug-likeness (QED) is 0.0320. The van der Waals surface area contributed by atoms with Crippen LogP contribution in [0.1, 0.15) is 463 Å². The van der Waals surface area contributed by atoms with Gasteiger partial charge in [0, 0.05) is 12.8 Å². The Morgan fingerprint density at radius 2 is 0.547 bits per heavy atom. The summed E-state index contributed by atoms with van der Waals surface area (Å²) in [6, 6.07) is -0.538. The van der Waals surface area contributed by atoms with E-state index in [1.807, 2.05) is 0 Å². The first kappa shape index (κ1) is 84.6. The molecule has 1 amide bonds. The number of hydrogen-bond acceptors (Lipinski definition) is 5. The fraction of sp³-hybridized carbons (Fsp3) is 0.950. The lowest BCUT2D eigenvalue weighted by Gasteiger charge is -2.22. The van der Waals surface area contributed by atoms with Gasteiger partial charge in [-0.2, -0.15) is 0 Å². The molecule has 0 heterocycles. The van der Waals surface area contributed by atoms with Crippen LogP contribution in [0.2, 0.25) is 0 Å². The molecule has 6 nitrogen and oxygen atoms in total. The Labute approximate surface area is 539 Å². The van der Waals surface area contributed by atoms with Crippen LogP contribution in [-0.4, -0.2) is 47.4 Å². The molecule has 3 N–H and O–H groups in total. The fourth-order valence-corrected chi connectivity index (χ4v) is 13.0. The number of rotatable bonds is 76. The number of hydrogen-bond donors (Lipinski definition) is 3. The molecule has 0 aliphatic heterocycles. The third-order valence-corrected chi connectivity index (χ3v) is 19.1. The number of allylic oxidation sites excluding steroid dienone is 2. The summed E-state index contributed by atoms with van der Waals surface area (Å²) in [7, 11) is 0. The van der Waals surface area contributed by atoms with Crippen LogP contribution in [-0.2, 0) is 14.3 Å². The molecule has 0 fully saturated rings. The van der Waals surface area contributed by atoms with E-state index in [-0.39, 0.29) is 18.5 Å². The second kappa shape index (κ2) is 76.1. The molecule has 0 aliphatic carbocycles. The number of amides is 1. The molecule has 0 radical (unpaired) electrons. The third kappa shape index (κ3) is 71.7. The second-order valence-corrected chi connectivity index (χ2v) is 27.8. The van der Waals surface area contributed by atoms with Crippen LogP contribution >= 0.6 is 0 Å². The summed E-state index contributed by atoms with van der Waals surface area (Å²) in [5.41, 5.74) is 0. The van der Waals surface area contributed by atoms with E-state index in [9.17, 15) is 19.8 Å². The Morgan fingerprint density at radius 1 is 0.314 bits per heavy atom. The van der Waals surface area contributed by atoms with Crippen molar-refractivity contribution >= 4 is 11.9 Å². The van der Waals surface area contributed by atoms with E-state index in [0.717, 1.165) is 38.5 Å². The van der Waals surface area contributed by atoms with E-state index in [1.54, 1.807) is 0 Å². The van der Waals surface area contributed by atoms with Crippen LogP contribution in [0.5, 0.6) is 0 Å². The molecule has 0 saturated heterocycles. The summed E-state index contributed by atoms with van der Waals surface area (Å²) in [6.45, 7) is 5.01. The van der Waals surface area contributed by atoms with Gasteiger partial charge in [0.1, 0.15) is 0 Å². The number of aliphatic hydroxyl groups is 2. The minimum absolute atomic E-state index is 0.0259. The van der Waals surface area contributed by atoms with Crippen molar-refractivity contribution in [3.05, 3.63) is 12.2 Å². The predicted molar refractivity (Wildman–Crippen MR) is 380 cm³/mol. The maximum Gasteiger partial charge on any atom is 0.305 e. The van der Waals surface area contributed by atoms with Gasteiger partial charge in [-0.3, -0.25) is 9.59 Å². The molecule has 512 valence electrons. The normalized spacial score (nSPS) is 12.5. The third-order valence-electron chi connectivity index (χ3n) is 19.1. The van der Waals surface area contributed by atoms with Crippen molar-refractivity contribution in [3.8, 4) is 0 Å². The van der Waals surface area contributed by atoms with Gasteiger partial charge in [-0.05, 0) is 51.4 Å². The smallest absolute Gasteiger partial charge is 0.305 e. The van der Waals surface area contributed by atoms with Crippen molar-refractivity contribution in [2.75, 3.05) is 13.2 Å². The number of nitrogens with one attached hydrogen (secondary N) is 1. The lowest BCUT2D eigenvalue weighted by Crippen LogP contribution is -2.45. The van der Waals surface area contributed by atoms with Crippen LogP contribution in [0.4, 0.5) is 0 Å². The van der Waals surface area contributed by atoms with Gasteiger partial charge in [0.2, 0.25) is 5.91 Å². The van der Waals surface area contributed by atoms with Crippen molar-refractivity contribution in [1.29, 1.82) is 0 Å². The molecule has 0 spiro atoms. The lowest BCUT2D eigenvalue weighted by atomic mass is 10.0. The highest BCUT2D eigenvalue weighted by Crippen LogP contribution is 2.20. The zero-order valence-corrected chi connectivity index (χ0v) is 58.8. The van der Waals surface area contributed by atoms with E-state index in [0.29, 0.717) is 25.9 Å². The number of ether oxygens (including phenoxy) is 1. The summed E-state index contributed by atoms with van der Waals surface area (Å²) in [6.07, 6.45) is 96.0. The Bertz CT molecular complexity index is 1300. The van der Waals surface area contributed by atoms with Crippen LogP contribution in [0.15, 0.2) is 12.2 Å². The first-order chi connectivity index (χ1) is 42.5. The molecule has 2 atom stereocenters. The van der Waals surface area contributed by atoms with Gasteiger partial charge in [-0.15, -0.1) is 0 Å². The maximum absolute atomic E-state index is 12.5. The molecule has 0 saturated carbocycles. The largest absolute Gasteiger partial charge is 0.466 e. The SMILES string of the molecule is CCCCCCCCCCCCCCCCCCCCC(=O)OCCCCCCCCCCCCCCCC/C=C\CCCCCCCCCCCCCCCCCCCC(=O)NC(CO)C(O)CCCCCCCCCCCCCCCCCC. The second-order valence-electron chi connectivity index (χ2n) is 27.8. The first-order valence-corrected chi connectivity index (χ1v) is 39.9. The monoisotopic (exact) mass is 1210 g/mol. The molecule has 0 aliphatic rings. The molecule has 6 heteroatoms. The number of carbonyl (C=O) groups is 2. The molecule has 0 aromatic heterocycles. The zero-order valence-electron chi connectivity index (χ0n) is 58.8. The Balaban J connectivity index is 3.31. The molecule has 0 rings (SSSR count). The van der Waals surface area contributed by atoms with Crippen molar-refractivity contribution in [3.63, 3.8) is 0 Å². The fourth-order valence-electron chi connectivity index (χ4n) is 13.0. The maximum atomic E-state index is 12.5. The average Bonchev–Trinajstić information content (AvgIpc) is 3.60. The minimum atomic E-state index is -0.661. The van der Waals surface area contributed by atoms with E-state index >= 15 is 0 Å². The van der Waals surface area contributed by atoms with E-state index in [2.05, 4.69) is 31.3 Å². The standard InChI is InChI=1S/C80H157NO5/c1-3-5-7-9-11-13-15-17-19-21-42-46-50-54-58-62-66-70-74-80(85)86-75-71-67-63-59-55-51-47-43-40-38-36-34-32-30-28-26-24-22-23-25-27-29-31-33-35-37-39-41-45-49-53-57-61-65-69-73-79(84)81-77(76-82)78(83)72-68-64-60-56-52-48-44-20-18-16-14-12-10-8-6-4-2/h24,26,77-78,82-83H,3-23,25,27-76H2,1-2H3,(H,81,84)/b26-24-. The van der Waals surface area contributed by atoms with Crippen molar-refractivity contribution in [1.82, 2.24) is 5.32 Å². The number of aliphatic hydroxyl groups excluding tert-OH is 2. The van der Waals surface area contributed by atoms with E-state index in [4.69, 9.17) is 4.74 Å². The first-order valence-electron chi connectivity index (χ1n) is 39.9. The summed E-state index contributed by atoms with van der Waals surface area (Å²) < 4.78 is 5.52. The van der Waals surface area contributed by atoms with Gasteiger partial charge in [-0.25, -0.2) is 0 Å². The van der Waals surface area contributed by atoms with Gasteiger partial charge >= 0.3 is 5.97 Å². The molecule has 2 unspecified atom stereocenters. The van der Waals surface area contributed by atoms with Gasteiger partial charge in [0.25, 0.3) is 0 Å². The highest BCUT2D eigenvalue weighted by Gasteiger charge is 2.20. The number of unbranched alkanes of at least 4 members (excludes halogenated alkanes) is 63. The summed E-state index contributed by atoms with van der Waals surface area (Å²) >= 11 is 0. The Kier molecular flexibility index (Phi) is 74.8.